The molecule has 1 heterocycles. The van der Waals surface area contributed by atoms with Crippen molar-refractivity contribution in [3.05, 3.63) is 35.4 Å². The Balaban J connectivity index is 1.83. The van der Waals surface area contributed by atoms with E-state index in [4.69, 9.17) is 4.74 Å². The molecule has 132 valence electrons. The van der Waals surface area contributed by atoms with Crippen molar-refractivity contribution in [3.8, 4) is 0 Å². The van der Waals surface area contributed by atoms with E-state index in [0.717, 1.165) is 4.90 Å². The van der Waals surface area contributed by atoms with Crippen LogP contribution in [0.25, 0.3) is 0 Å². The number of nitrogens with zero attached hydrogens (tertiary/aromatic N) is 1. The molecule has 0 unspecified atom stereocenters. The third kappa shape index (κ3) is 4.62. The van der Waals surface area contributed by atoms with Crippen molar-refractivity contribution in [2.75, 3.05) is 25.4 Å². The molecule has 1 aliphatic heterocycles. The van der Waals surface area contributed by atoms with Crippen LogP contribution in [0.3, 0.4) is 0 Å². The standard InChI is InChI=1S/C16H22N2O5S/c1-12(2)23-10-5-8-17-24(21,22)11-9-18-15(19)13-6-3-4-7-14(13)16(18)20/h3-4,6-7,12,17H,5,8-11H2,1-2H3. The lowest BCUT2D eigenvalue weighted by Gasteiger charge is -2.14. The average molecular weight is 354 g/mol. The maximum Gasteiger partial charge on any atom is 0.261 e. The first-order valence-electron chi connectivity index (χ1n) is 7.86. The molecule has 7 nitrogen and oxygen atoms in total. The highest BCUT2D eigenvalue weighted by molar-refractivity contribution is 7.89. The third-order valence-electron chi connectivity index (χ3n) is 3.56. The first kappa shape index (κ1) is 18.6. The van der Waals surface area contributed by atoms with E-state index in [1.807, 2.05) is 13.8 Å². The summed E-state index contributed by atoms with van der Waals surface area (Å²) in [5.41, 5.74) is 0.636. The van der Waals surface area contributed by atoms with Crippen LogP contribution in [0.5, 0.6) is 0 Å². The number of hydrogen-bond acceptors (Lipinski definition) is 5. The number of nitrogens with one attached hydrogen (secondary N) is 1. The number of sulfonamides is 1. The summed E-state index contributed by atoms with van der Waals surface area (Å²) in [4.78, 5) is 25.3. The topological polar surface area (TPSA) is 92.8 Å². The number of fused-ring (bicyclic) bond motifs is 1. The van der Waals surface area contributed by atoms with E-state index in [1.165, 1.54) is 0 Å². The molecule has 0 radical (unpaired) electrons. The molecular weight excluding hydrogens is 332 g/mol. The van der Waals surface area contributed by atoms with Crippen molar-refractivity contribution in [3.63, 3.8) is 0 Å². The first-order chi connectivity index (χ1) is 11.3. The van der Waals surface area contributed by atoms with Gasteiger partial charge in [-0.3, -0.25) is 14.5 Å². The predicted molar refractivity (Wildman–Crippen MR) is 89.3 cm³/mol. The van der Waals surface area contributed by atoms with Gasteiger partial charge in [0.25, 0.3) is 11.8 Å². The van der Waals surface area contributed by atoms with E-state index in [9.17, 15) is 18.0 Å². The van der Waals surface area contributed by atoms with Gasteiger partial charge in [0.2, 0.25) is 10.0 Å². The molecule has 0 saturated carbocycles. The van der Waals surface area contributed by atoms with Gasteiger partial charge in [0.1, 0.15) is 0 Å². The van der Waals surface area contributed by atoms with Crippen molar-refractivity contribution in [2.45, 2.75) is 26.4 Å². The number of amides is 2. The van der Waals surface area contributed by atoms with Crippen LogP contribution < -0.4 is 4.72 Å². The van der Waals surface area contributed by atoms with Gasteiger partial charge in [0.05, 0.1) is 23.0 Å². The Morgan fingerprint density at radius 3 is 2.25 bits per heavy atom. The molecule has 1 aromatic carbocycles. The van der Waals surface area contributed by atoms with E-state index in [0.29, 0.717) is 24.2 Å². The Kier molecular flexibility index (Phi) is 6.09. The van der Waals surface area contributed by atoms with Crippen LogP contribution in [0.1, 0.15) is 41.0 Å². The van der Waals surface area contributed by atoms with Crippen LogP contribution in [0.15, 0.2) is 24.3 Å². The molecule has 1 N–H and O–H groups in total. The molecule has 8 heteroatoms. The summed E-state index contributed by atoms with van der Waals surface area (Å²) in [5, 5.41) is 0. The molecule has 0 aromatic heterocycles. The predicted octanol–water partition coefficient (Wildman–Crippen LogP) is 1.02. The van der Waals surface area contributed by atoms with Gasteiger partial charge in [-0.2, -0.15) is 0 Å². The van der Waals surface area contributed by atoms with Gasteiger partial charge in [-0.05, 0) is 32.4 Å². The summed E-state index contributed by atoms with van der Waals surface area (Å²) < 4.78 is 31.7. The summed E-state index contributed by atoms with van der Waals surface area (Å²) in [5.74, 6) is -1.21. The fraction of sp³-hybridized carbons (Fsp3) is 0.500. The van der Waals surface area contributed by atoms with Crippen LogP contribution in [-0.4, -0.2) is 56.7 Å². The number of carbonyl (C=O) groups excluding carboxylic acids is 2. The van der Waals surface area contributed by atoms with Crippen molar-refractivity contribution in [1.29, 1.82) is 0 Å². The lowest BCUT2D eigenvalue weighted by atomic mass is 10.1. The monoisotopic (exact) mass is 354 g/mol. The molecule has 1 aromatic rings. The van der Waals surface area contributed by atoms with Gasteiger partial charge in [-0.1, -0.05) is 12.1 Å². The van der Waals surface area contributed by atoms with Crippen molar-refractivity contribution >= 4 is 21.8 Å². The Labute approximate surface area is 142 Å². The second kappa shape index (κ2) is 7.87. The summed E-state index contributed by atoms with van der Waals surface area (Å²) in [6.45, 7) is 4.39. The van der Waals surface area contributed by atoms with Gasteiger partial charge in [0, 0.05) is 19.7 Å². The van der Waals surface area contributed by atoms with Crippen molar-refractivity contribution < 1.29 is 22.7 Å². The normalized spacial score (nSPS) is 14.5. The number of carbonyl (C=O) groups is 2. The second-order valence-electron chi connectivity index (χ2n) is 5.79. The number of hydrogen-bond donors (Lipinski definition) is 1. The molecule has 0 aliphatic carbocycles. The summed E-state index contributed by atoms with van der Waals surface area (Å²) in [6.07, 6.45) is 0.667. The number of imide groups is 1. The molecule has 0 saturated heterocycles. The van der Waals surface area contributed by atoms with Crippen LogP contribution in [0.2, 0.25) is 0 Å². The zero-order valence-electron chi connectivity index (χ0n) is 13.8. The lowest BCUT2D eigenvalue weighted by Crippen LogP contribution is -2.38. The lowest BCUT2D eigenvalue weighted by molar-refractivity contribution is 0.0664. The fourth-order valence-electron chi connectivity index (χ4n) is 2.34. The third-order valence-corrected chi connectivity index (χ3v) is 4.92. The van der Waals surface area contributed by atoms with Crippen molar-refractivity contribution in [2.24, 2.45) is 0 Å². The minimum absolute atomic E-state index is 0.107. The Bertz CT molecular complexity index is 680. The van der Waals surface area contributed by atoms with Crippen LogP contribution in [0.4, 0.5) is 0 Å². The first-order valence-corrected chi connectivity index (χ1v) is 9.51. The molecule has 0 fully saturated rings. The van der Waals surface area contributed by atoms with Crippen LogP contribution >= 0.6 is 0 Å². The molecule has 0 bridgehead atoms. The van der Waals surface area contributed by atoms with Crippen LogP contribution in [0, 0.1) is 0 Å². The molecule has 0 spiro atoms. The van der Waals surface area contributed by atoms with Gasteiger partial charge >= 0.3 is 0 Å². The summed E-state index contributed by atoms with van der Waals surface area (Å²) in [7, 11) is -3.56. The zero-order valence-corrected chi connectivity index (χ0v) is 14.6. The molecule has 0 atom stereocenters. The minimum atomic E-state index is -3.56. The van der Waals surface area contributed by atoms with Gasteiger partial charge in [-0.25, -0.2) is 13.1 Å². The Morgan fingerprint density at radius 2 is 1.71 bits per heavy atom. The van der Waals surface area contributed by atoms with Gasteiger partial charge in [-0.15, -0.1) is 0 Å². The molecule has 2 amide bonds. The van der Waals surface area contributed by atoms with E-state index < -0.39 is 21.8 Å². The van der Waals surface area contributed by atoms with E-state index >= 15 is 0 Å². The highest BCUT2D eigenvalue weighted by Gasteiger charge is 2.35. The summed E-state index contributed by atoms with van der Waals surface area (Å²) in [6, 6.07) is 6.48. The van der Waals surface area contributed by atoms with E-state index in [-0.39, 0.29) is 24.9 Å². The maximum atomic E-state index is 12.2. The number of benzene rings is 1. The number of ether oxygens (including phenoxy) is 1. The summed E-state index contributed by atoms with van der Waals surface area (Å²) >= 11 is 0. The van der Waals surface area contributed by atoms with Gasteiger partial charge in [0.15, 0.2) is 0 Å². The zero-order chi connectivity index (χ0) is 17.7. The molecular formula is C16H22N2O5S. The highest BCUT2D eigenvalue weighted by Crippen LogP contribution is 2.22. The average Bonchev–Trinajstić information content (AvgIpc) is 2.77. The maximum absolute atomic E-state index is 12.2. The van der Waals surface area contributed by atoms with Crippen LogP contribution in [-0.2, 0) is 14.8 Å². The Hall–Kier alpha value is -1.77. The van der Waals surface area contributed by atoms with E-state index in [2.05, 4.69) is 4.72 Å². The van der Waals surface area contributed by atoms with Gasteiger partial charge < -0.3 is 4.74 Å². The second-order valence-corrected chi connectivity index (χ2v) is 7.72. The quantitative estimate of drug-likeness (QED) is 0.528. The van der Waals surface area contributed by atoms with E-state index in [1.54, 1.807) is 24.3 Å². The highest BCUT2D eigenvalue weighted by atomic mass is 32.2. The minimum Gasteiger partial charge on any atom is -0.379 e. The number of rotatable bonds is 9. The fourth-order valence-corrected chi connectivity index (χ4v) is 3.37. The Morgan fingerprint density at radius 1 is 1.12 bits per heavy atom. The largest absolute Gasteiger partial charge is 0.379 e. The van der Waals surface area contributed by atoms with Crippen molar-refractivity contribution in [1.82, 2.24) is 9.62 Å². The molecule has 1 aliphatic rings. The SMILES string of the molecule is CC(C)OCCCNS(=O)(=O)CCN1C(=O)c2ccccc2C1=O. The molecule has 24 heavy (non-hydrogen) atoms. The molecule has 2 rings (SSSR count). The smallest absolute Gasteiger partial charge is 0.261 e.